The Morgan fingerprint density at radius 1 is 1.47 bits per heavy atom. The van der Waals surface area contributed by atoms with Crippen LogP contribution >= 0.6 is 0 Å². The molecule has 1 aromatic carbocycles. The zero-order valence-corrected chi connectivity index (χ0v) is 10.5. The molecule has 94 valence electrons. The number of halogens is 1. The fraction of sp³-hybridized carbons (Fsp3) is 0.462. The van der Waals surface area contributed by atoms with Gasteiger partial charge in [0, 0.05) is 13.1 Å². The van der Waals surface area contributed by atoms with Crippen LogP contribution in [-0.4, -0.2) is 31.6 Å². The molecule has 1 rings (SSSR count). The molecule has 0 unspecified atom stereocenters. The van der Waals surface area contributed by atoms with Gasteiger partial charge in [0.2, 0.25) is 0 Å². The molecule has 3 nitrogen and oxygen atoms in total. The summed E-state index contributed by atoms with van der Waals surface area (Å²) in [6, 6.07) is 4.75. The fourth-order valence-corrected chi connectivity index (χ4v) is 1.59. The second kappa shape index (κ2) is 6.35. The number of carbonyl (C=O) groups excluding carboxylic acids is 1. The first kappa shape index (κ1) is 13.6. The van der Waals surface area contributed by atoms with E-state index >= 15 is 0 Å². The van der Waals surface area contributed by atoms with E-state index in [1.807, 2.05) is 18.9 Å². The van der Waals surface area contributed by atoms with Gasteiger partial charge in [-0.25, -0.2) is 4.39 Å². The monoisotopic (exact) mass is 239 g/mol. The Balaban J connectivity index is 2.50. The lowest BCUT2D eigenvalue weighted by Gasteiger charge is -2.17. The van der Waals surface area contributed by atoms with Gasteiger partial charge in [0.25, 0.3) is 0 Å². The van der Waals surface area contributed by atoms with Crippen LogP contribution in [0.15, 0.2) is 18.2 Å². The van der Waals surface area contributed by atoms with Crippen LogP contribution in [0.4, 0.5) is 4.39 Å². The van der Waals surface area contributed by atoms with E-state index in [4.69, 9.17) is 0 Å². The largest absolute Gasteiger partial charge is 0.469 e. The second-order valence-electron chi connectivity index (χ2n) is 4.13. The summed E-state index contributed by atoms with van der Waals surface area (Å²) in [6.45, 7) is 3.21. The van der Waals surface area contributed by atoms with Crippen molar-refractivity contribution in [2.45, 2.75) is 19.9 Å². The summed E-state index contributed by atoms with van der Waals surface area (Å²) < 4.78 is 17.5. The zero-order valence-electron chi connectivity index (χ0n) is 10.5. The molecule has 0 aliphatic heterocycles. The minimum Gasteiger partial charge on any atom is -0.469 e. The van der Waals surface area contributed by atoms with Crippen LogP contribution in [0.3, 0.4) is 0 Å². The van der Waals surface area contributed by atoms with Crippen molar-refractivity contribution in [3.05, 3.63) is 35.1 Å². The molecule has 0 saturated carbocycles. The average Bonchev–Trinajstić information content (AvgIpc) is 2.29. The molecule has 4 heteroatoms. The summed E-state index contributed by atoms with van der Waals surface area (Å²) in [7, 11) is 3.30. The van der Waals surface area contributed by atoms with Crippen molar-refractivity contribution in [1.82, 2.24) is 4.90 Å². The number of rotatable bonds is 5. The number of benzene rings is 1. The number of esters is 1. The molecule has 0 radical (unpaired) electrons. The van der Waals surface area contributed by atoms with E-state index < -0.39 is 0 Å². The van der Waals surface area contributed by atoms with Crippen LogP contribution in [0.1, 0.15) is 17.5 Å². The standard InChI is InChI=1S/C13H18FNO2/c1-10-8-12(14)5-4-11(10)9-15(2)7-6-13(16)17-3/h4-5,8H,6-7,9H2,1-3H3. The Labute approximate surface area is 101 Å². The Hall–Kier alpha value is -1.42. The number of methoxy groups -OCH3 is 1. The summed E-state index contributed by atoms with van der Waals surface area (Å²) in [4.78, 5) is 13.0. The van der Waals surface area contributed by atoms with Gasteiger partial charge in [-0.1, -0.05) is 6.07 Å². The summed E-state index contributed by atoms with van der Waals surface area (Å²) in [5.74, 6) is -0.434. The molecular formula is C13H18FNO2. The highest BCUT2D eigenvalue weighted by Crippen LogP contribution is 2.12. The summed E-state index contributed by atoms with van der Waals surface area (Å²) in [5, 5.41) is 0. The molecule has 0 bridgehead atoms. The van der Waals surface area contributed by atoms with Crippen LogP contribution in [-0.2, 0) is 16.1 Å². The Morgan fingerprint density at radius 3 is 2.76 bits per heavy atom. The number of nitrogens with zero attached hydrogens (tertiary/aromatic N) is 1. The average molecular weight is 239 g/mol. The predicted molar refractivity (Wildman–Crippen MR) is 64.1 cm³/mol. The van der Waals surface area contributed by atoms with E-state index in [2.05, 4.69) is 4.74 Å². The van der Waals surface area contributed by atoms with Crippen LogP contribution < -0.4 is 0 Å². The number of hydrogen-bond acceptors (Lipinski definition) is 3. The molecule has 0 aromatic heterocycles. The highest BCUT2D eigenvalue weighted by molar-refractivity contribution is 5.69. The number of hydrogen-bond donors (Lipinski definition) is 0. The molecular weight excluding hydrogens is 221 g/mol. The maximum absolute atomic E-state index is 12.9. The van der Waals surface area contributed by atoms with E-state index in [0.717, 1.165) is 11.1 Å². The van der Waals surface area contributed by atoms with E-state index in [-0.39, 0.29) is 11.8 Å². The maximum atomic E-state index is 12.9. The molecule has 0 amide bonds. The SMILES string of the molecule is COC(=O)CCN(C)Cc1ccc(F)cc1C. The van der Waals surface area contributed by atoms with E-state index in [9.17, 15) is 9.18 Å². The van der Waals surface area contributed by atoms with E-state index in [1.54, 1.807) is 6.07 Å². The first-order valence-electron chi connectivity index (χ1n) is 5.53. The molecule has 1 aromatic rings. The molecule has 0 spiro atoms. The molecule has 17 heavy (non-hydrogen) atoms. The second-order valence-corrected chi connectivity index (χ2v) is 4.13. The highest BCUT2D eigenvalue weighted by Gasteiger charge is 2.07. The van der Waals surface area contributed by atoms with Crippen molar-refractivity contribution in [2.24, 2.45) is 0 Å². The molecule has 0 aliphatic carbocycles. The number of ether oxygens (including phenoxy) is 1. The fourth-order valence-electron chi connectivity index (χ4n) is 1.59. The van der Waals surface area contributed by atoms with Crippen LogP contribution in [0.2, 0.25) is 0 Å². The maximum Gasteiger partial charge on any atom is 0.306 e. The topological polar surface area (TPSA) is 29.5 Å². The highest BCUT2D eigenvalue weighted by atomic mass is 19.1. The Morgan fingerprint density at radius 2 is 2.18 bits per heavy atom. The number of aryl methyl sites for hydroxylation is 1. The Kier molecular flexibility index (Phi) is 5.10. The first-order valence-corrected chi connectivity index (χ1v) is 5.53. The zero-order chi connectivity index (χ0) is 12.8. The molecule has 0 fully saturated rings. The van der Waals surface area contributed by atoms with Gasteiger partial charge in [-0.05, 0) is 37.2 Å². The molecule has 0 N–H and O–H groups in total. The van der Waals surface area contributed by atoms with Gasteiger partial charge >= 0.3 is 5.97 Å². The number of carbonyl (C=O) groups is 1. The van der Waals surface area contributed by atoms with Crippen molar-refractivity contribution < 1.29 is 13.9 Å². The lowest BCUT2D eigenvalue weighted by atomic mass is 10.1. The van der Waals surface area contributed by atoms with Crippen molar-refractivity contribution in [2.75, 3.05) is 20.7 Å². The van der Waals surface area contributed by atoms with Crippen molar-refractivity contribution in [3.8, 4) is 0 Å². The lowest BCUT2D eigenvalue weighted by molar-refractivity contribution is -0.140. The third-order valence-electron chi connectivity index (χ3n) is 2.67. The van der Waals surface area contributed by atoms with Gasteiger partial charge in [0.1, 0.15) is 5.82 Å². The lowest BCUT2D eigenvalue weighted by Crippen LogP contribution is -2.22. The summed E-state index contributed by atoms with van der Waals surface area (Å²) in [5.41, 5.74) is 1.99. The third kappa shape index (κ3) is 4.53. The molecule has 0 aliphatic rings. The van der Waals surface area contributed by atoms with Crippen LogP contribution in [0.25, 0.3) is 0 Å². The Bertz CT molecular complexity index is 393. The normalized spacial score (nSPS) is 10.6. The van der Waals surface area contributed by atoms with E-state index in [0.29, 0.717) is 19.5 Å². The van der Waals surface area contributed by atoms with Crippen molar-refractivity contribution >= 4 is 5.97 Å². The van der Waals surface area contributed by atoms with Crippen molar-refractivity contribution in [1.29, 1.82) is 0 Å². The summed E-state index contributed by atoms with van der Waals surface area (Å²) in [6.07, 6.45) is 0.368. The minimum atomic E-state index is -0.219. The quantitative estimate of drug-likeness (QED) is 0.737. The molecule has 0 saturated heterocycles. The minimum absolute atomic E-state index is 0.215. The van der Waals surface area contributed by atoms with E-state index in [1.165, 1.54) is 19.2 Å². The molecule has 0 atom stereocenters. The van der Waals surface area contributed by atoms with Gasteiger partial charge in [-0.2, -0.15) is 0 Å². The first-order chi connectivity index (χ1) is 8.02. The third-order valence-corrected chi connectivity index (χ3v) is 2.67. The van der Waals surface area contributed by atoms with Crippen LogP contribution in [0, 0.1) is 12.7 Å². The van der Waals surface area contributed by atoms with Gasteiger partial charge in [0.15, 0.2) is 0 Å². The molecule has 0 heterocycles. The van der Waals surface area contributed by atoms with Gasteiger partial charge in [0.05, 0.1) is 13.5 Å². The predicted octanol–water partition coefficient (Wildman–Crippen LogP) is 2.13. The summed E-state index contributed by atoms with van der Waals surface area (Å²) >= 11 is 0. The van der Waals surface area contributed by atoms with Crippen molar-refractivity contribution in [3.63, 3.8) is 0 Å². The van der Waals surface area contributed by atoms with Crippen LogP contribution in [0.5, 0.6) is 0 Å². The van der Waals surface area contributed by atoms with Gasteiger partial charge in [-0.3, -0.25) is 4.79 Å². The smallest absolute Gasteiger partial charge is 0.306 e. The van der Waals surface area contributed by atoms with Gasteiger partial charge < -0.3 is 9.64 Å². The van der Waals surface area contributed by atoms with Gasteiger partial charge in [-0.15, -0.1) is 0 Å².